The summed E-state index contributed by atoms with van der Waals surface area (Å²) in [5, 5.41) is 9.54. The first-order valence-corrected chi connectivity index (χ1v) is 8.85. The van der Waals surface area contributed by atoms with E-state index in [4.69, 9.17) is 4.74 Å². The second-order valence-electron chi connectivity index (χ2n) is 5.95. The quantitative estimate of drug-likeness (QED) is 0.731. The monoisotopic (exact) mass is 356 g/mol. The van der Waals surface area contributed by atoms with Crippen molar-refractivity contribution in [1.82, 2.24) is 14.8 Å². The van der Waals surface area contributed by atoms with Crippen LogP contribution in [0.2, 0.25) is 0 Å². The van der Waals surface area contributed by atoms with Gasteiger partial charge in [0.15, 0.2) is 0 Å². The van der Waals surface area contributed by atoms with Crippen LogP contribution in [0.1, 0.15) is 29.9 Å². The number of benzene rings is 1. The number of aryl methyl sites for hydroxylation is 1. The van der Waals surface area contributed by atoms with Gasteiger partial charge in [0, 0.05) is 29.9 Å². The molecule has 0 aliphatic rings. The van der Waals surface area contributed by atoms with Crippen LogP contribution in [0.5, 0.6) is 0 Å². The minimum Gasteiger partial charge on any atom is -0.374 e. The molecule has 7 heteroatoms. The maximum Gasteiger partial charge on any atom is 0.275 e. The van der Waals surface area contributed by atoms with E-state index < -0.39 is 0 Å². The molecule has 0 bridgehead atoms. The fourth-order valence-corrected chi connectivity index (χ4v) is 3.01. The molecule has 3 aromatic rings. The van der Waals surface area contributed by atoms with Crippen LogP contribution in [0.4, 0.5) is 5.69 Å². The average Bonchev–Trinajstić information content (AvgIpc) is 3.22. The lowest BCUT2D eigenvalue weighted by atomic mass is 10.2. The molecule has 0 radical (unpaired) electrons. The average molecular weight is 356 g/mol. The van der Waals surface area contributed by atoms with Crippen molar-refractivity contribution >= 4 is 22.9 Å². The molecule has 1 aromatic carbocycles. The SMILES string of the molecule is CC(C)OCc1cccc(NC(=O)c2csc(-c3cnn(C)c3)n2)c1. The molecule has 0 saturated heterocycles. The lowest BCUT2D eigenvalue weighted by Crippen LogP contribution is -2.12. The van der Waals surface area contributed by atoms with Crippen molar-refractivity contribution in [2.24, 2.45) is 7.05 Å². The second kappa shape index (κ2) is 7.58. The van der Waals surface area contributed by atoms with Crippen molar-refractivity contribution < 1.29 is 9.53 Å². The van der Waals surface area contributed by atoms with E-state index in [0.29, 0.717) is 12.3 Å². The number of carbonyl (C=O) groups is 1. The Kier molecular flexibility index (Phi) is 5.25. The van der Waals surface area contributed by atoms with Crippen molar-refractivity contribution in [1.29, 1.82) is 0 Å². The molecule has 0 spiro atoms. The van der Waals surface area contributed by atoms with E-state index in [1.807, 2.05) is 51.4 Å². The van der Waals surface area contributed by atoms with E-state index in [1.165, 1.54) is 11.3 Å². The molecule has 0 aliphatic carbocycles. The highest BCUT2D eigenvalue weighted by Crippen LogP contribution is 2.23. The van der Waals surface area contributed by atoms with Gasteiger partial charge in [-0.15, -0.1) is 11.3 Å². The molecule has 0 atom stereocenters. The molecule has 2 aromatic heterocycles. The Hall–Kier alpha value is -2.51. The summed E-state index contributed by atoms with van der Waals surface area (Å²) in [6.07, 6.45) is 3.77. The minimum absolute atomic E-state index is 0.166. The normalized spacial score (nSPS) is 11.0. The number of nitrogens with zero attached hydrogens (tertiary/aromatic N) is 3. The number of nitrogens with one attached hydrogen (secondary N) is 1. The van der Waals surface area contributed by atoms with E-state index in [-0.39, 0.29) is 12.0 Å². The zero-order chi connectivity index (χ0) is 17.8. The minimum atomic E-state index is -0.228. The predicted molar refractivity (Wildman–Crippen MR) is 98.6 cm³/mol. The second-order valence-corrected chi connectivity index (χ2v) is 6.81. The van der Waals surface area contributed by atoms with Gasteiger partial charge in [-0.3, -0.25) is 9.48 Å². The number of hydrogen-bond acceptors (Lipinski definition) is 5. The van der Waals surface area contributed by atoms with E-state index >= 15 is 0 Å². The number of anilines is 1. The Morgan fingerprint density at radius 2 is 2.24 bits per heavy atom. The molecule has 2 heterocycles. The molecular weight excluding hydrogens is 336 g/mol. The topological polar surface area (TPSA) is 69.0 Å². The molecule has 1 N–H and O–H groups in total. The van der Waals surface area contributed by atoms with E-state index in [2.05, 4.69) is 15.4 Å². The van der Waals surface area contributed by atoms with Crippen molar-refractivity contribution in [2.45, 2.75) is 26.6 Å². The number of thiazole rings is 1. The molecule has 130 valence electrons. The summed E-state index contributed by atoms with van der Waals surface area (Å²) >= 11 is 1.42. The van der Waals surface area contributed by atoms with E-state index in [0.717, 1.165) is 21.8 Å². The van der Waals surface area contributed by atoms with Crippen molar-refractivity contribution in [2.75, 3.05) is 5.32 Å². The molecule has 0 fully saturated rings. The van der Waals surface area contributed by atoms with E-state index in [1.54, 1.807) is 16.3 Å². The van der Waals surface area contributed by atoms with Gasteiger partial charge in [-0.05, 0) is 31.5 Å². The van der Waals surface area contributed by atoms with Crippen LogP contribution >= 0.6 is 11.3 Å². The third kappa shape index (κ3) is 4.52. The molecular formula is C18H20N4O2S. The van der Waals surface area contributed by atoms with Gasteiger partial charge in [0.2, 0.25) is 0 Å². The number of carbonyl (C=O) groups excluding carboxylic acids is 1. The third-order valence-electron chi connectivity index (χ3n) is 3.46. The first kappa shape index (κ1) is 17.3. The first-order chi connectivity index (χ1) is 12.0. The lowest BCUT2D eigenvalue weighted by Gasteiger charge is -2.09. The third-order valence-corrected chi connectivity index (χ3v) is 4.35. The first-order valence-electron chi connectivity index (χ1n) is 7.97. The summed E-state index contributed by atoms with van der Waals surface area (Å²) in [5.41, 5.74) is 3.04. The number of rotatable bonds is 6. The zero-order valence-electron chi connectivity index (χ0n) is 14.4. The largest absolute Gasteiger partial charge is 0.374 e. The van der Waals surface area contributed by atoms with Crippen LogP contribution < -0.4 is 5.32 Å². The molecule has 1 amide bonds. The Morgan fingerprint density at radius 1 is 1.40 bits per heavy atom. The Bertz CT molecular complexity index is 869. The van der Waals surface area contributed by atoms with Crippen molar-refractivity contribution in [3.05, 3.63) is 53.3 Å². The van der Waals surface area contributed by atoms with Gasteiger partial charge < -0.3 is 10.1 Å². The molecule has 0 unspecified atom stereocenters. The highest BCUT2D eigenvalue weighted by molar-refractivity contribution is 7.13. The predicted octanol–water partition coefficient (Wildman–Crippen LogP) is 3.72. The Labute approximate surface area is 150 Å². The fraction of sp³-hybridized carbons (Fsp3) is 0.278. The smallest absolute Gasteiger partial charge is 0.275 e. The Morgan fingerprint density at radius 3 is 2.96 bits per heavy atom. The van der Waals surface area contributed by atoms with Gasteiger partial charge in [-0.2, -0.15) is 5.10 Å². The summed E-state index contributed by atoms with van der Waals surface area (Å²) in [5.74, 6) is -0.228. The van der Waals surface area contributed by atoms with Crippen LogP contribution in [0.3, 0.4) is 0 Å². The van der Waals surface area contributed by atoms with Gasteiger partial charge in [-0.25, -0.2) is 4.98 Å². The standard InChI is InChI=1S/C18H20N4O2S/c1-12(2)24-10-13-5-4-6-15(7-13)20-17(23)16-11-25-18(21-16)14-8-19-22(3)9-14/h4-9,11-12H,10H2,1-3H3,(H,20,23). The van der Waals surface area contributed by atoms with Crippen LogP contribution in [-0.4, -0.2) is 26.8 Å². The molecule has 0 aliphatic heterocycles. The molecule has 3 rings (SSSR count). The number of amides is 1. The van der Waals surface area contributed by atoms with Gasteiger partial charge in [0.1, 0.15) is 10.7 Å². The van der Waals surface area contributed by atoms with Crippen LogP contribution in [0, 0.1) is 0 Å². The van der Waals surface area contributed by atoms with Crippen molar-refractivity contribution in [3.63, 3.8) is 0 Å². The zero-order valence-corrected chi connectivity index (χ0v) is 15.2. The summed E-state index contributed by atoms with van der Waals surface area (Å²) in [7, 11) is 1.85. The summed E-state index contributed by atoms with van der Waals surface area (Å²) < 4.78 is 7.31. The van der Waals surface area contributed by atoms with Crippen molar-refractivity contribution in [3.8, 4) is 10.6 Å². The molecule has 6 nitrogen and oxygen atoms in total. The number of aromatic nitrogens is 3. The van der Waals surface area contributed by atoms with Crippen LogP contribution in [0.15, 0.2) is 42.0 Å². The van der Waals surface area contributed by atoms with E-state index in [9.17, 15) is 4.79 Å². The highest BCUT2D eigenvalue weighted by atomic mass is 32.1. The number of hydrogen-bond donors (Lipinski definition) is 1. The van der Waals surface area contributed by atoms with Gasteiger partial charge >= 0.3 is 0 Å². The van der Waals surface area contributed by atoms with Gasteiger partial charge in [0.25, 0.3) is 5.91 Å². The van der Waals surface area contributed by atoms with Crippen LogP contribution in [0.25, 0.3) is 10.6 Å². The summed E-state index contributed by atoms with van der Waals surface area (Å²) in [4.78, 5) is 16.8. The highest BCUT2D eigenvalue weighted by Gasteiger charge is 2.13. The molecule has 25 heavy (non-hydrogen) atoms. The Balaban J connectivity index is 1.68. The fourth-order valence-electron chi connectivity index (χ4n) is 2.24. The molecule has 0 saturated carbocycles. The number of ether oxygens (including phenoxy) is 1. The lowest BCUT2D eigenvalue weighted by molar-refractivity contribution is 0.0657. The van der Waals surface area contributed by atoms with Crippen LogP contribution in [-0.2, 0) is 18.4 Å². The van der Waals surface area contributed by atoms with Gasteiger partial charge in [0.05, 0.1) is 18.9 Å². The maximum atomic E-state index is 12.4. The van der Waals surface area contributed by atoms with Gasteiger partial charge in [-0.1, -0.05) is 12.1 Å². The summed E-state index contributed by atoms with van der Waals surface area (Å²) in [6, 6.07) is 7.64. The summed E-state index contributed by atoms with van der Waals surface area (Å²) in [6.45, 7) is 4.50. The maximum absolute atomic E-state index is 12.4.